The van der Waals surface area contributed by atoms with Crippen molar-refractivity contribution >= 4 is 29.1 Å². The van der Waals surface area contributed by atoms with Crippen molar-refractivity contribution in [2.45, 2.75) is 12.8 Å². The van der Waals surface area contributed by atoms with Crippen molar-refractivity contribution < 1.29 is 14.3 Å². The molecule has 28 heavy (non-hydrogen) atoms. The number of hydrogen-bond acceptors (Lipinski definition) is 5. The lowest BCUT2D eigenvalue weighted by Crippen LogP contribution is -2.13. The molecule has 0 saturated carbocycles. The minimum atomic E-state index is -0.374. The Morgan fingerprint density at radius 2 is 1.64 bits per heavy atom. The second-order valence-corrected chi connectivity index (χ2v) is 6.16. The van der Waals surface area contributed by atoms with Gasteiger partial charge in [-0.15, -0.1) is 0 Å². The van der Waals surface area contributed by atoms with Gasteiger partial charge in [-0.3, -0.25) is 4.79 Å². The number of aryl methyl sites for hydroxylation is 1. The first-order chi connectivity index (χ1) is 13.6. The van der Waals surface area contributed by atoms with E-state index in [-0.39, 0.29) is 11.9 Å². The van der Waals surface area contributed by atoms with E-state index in [1.807, 2.05) is 36.4 Å². The highest BCUT2D eigenvalue weighted by Crippen LogP contribution is 2.18. The predicted molar refractivity (Wildman–Crippen MR) is 109 cm³/mol. The molecule has 1 aromatic heterocycles. The van der Waals surface area contributed by atoms with Gasteiger partial charge in [-0.1, -0.05) is 30.3 Å². The van der Waals surface area contributed by atoms with Gasteiger partial charge in [0.05, 0.1) is 24.6 Å². The summed E-state index contributed by atoms with van der Waals surface area (Å²) in [5, 5.41) is 5.99. The number of methoxy groups -OCH3 is 1. The maximum Gasteiger partial charge on any atom is 0.337 e. The second-order valence-electron chi connectivity index (χ2n) is 6.16. The Morgan fingerprint density at radius 3 is 2.29 bits per heavy atom. The number of carbonyl (C=O) groups excluding carboxylic acids is 2. The summed E-state index contributed by atoms with van der Waals surface area (Å²) in [6, 6.07) is 20.4. The smallest absolute Gasteiger partial charge is 0.337 e. The van der Waals surface area contributed by atoms with Crippen LogP contribution in [0, 0.1) is 0 Å². The zero-order valence-electron chi connectivity index (χ0n) is 15.5. The summed E-state index contributed by atoms with van der Waals surface area (Å²) < 4.78 is 4.68. The molecule has 2 N–H and O–H groups in total. The Kier molecular flexibility index (Phi) is 6.36. The summed E-state index contributed by atoms with van der Waals surface area (Å²) in [5.41, 5.74) is 3.20. The zero-order valence-corrected chi connectivity index (χ0v) is 15.5. The van der Waals surface area contributed by atoms with Crippen LogP contribution in [0.3, 0.4) is 0 Å². The largest absolute Gasteiger partial charge is 0.465 e. The van der Waals surface area contributed by atoms with Gasteiger partial charge in [0.2, 0.25) is 5.91 Å². The highest BCUT2D eigenvalue weighted by atomic mass is 16.5. The van der Waals surface area contributed by atoms with Gasteiger partial charge in [0.25, 0.3) is 0 Å². The molecule has 142 valence electrons. The third-order valence-corrected chi connectivity index (χ3v) is 4.11. The molecule has 6 heteroatoms. The quantitative estimate of drug-likeness (QED) is 0.606. The van der Waals surface area contributed by atoms with Gasteiger partial charge >= 0.3 is 5.97 Å². The fraction of sp³-hybridized carbons (Fsp3) is 0.136. The lowest BCUT2D eigenvalue weighted by molar-refractivity contribution is -0.116. The van der Waals surface area contributed by atoms with Crippen LogP contribution in [0.5, 0.6) is 0 Å². The number of hydrogen-bond donors (Lipinski definition) is 2. The van der Waals surface area contributed by atoms with Crippen molar-refractivity contribution in [3.8, 4) is 0 Å². The highest BCUT2D eigenvalue weighted by Gasteiger charge is 2.06. The first-order valence-electron chi connectivity index (χ1n) is 8.89. The molecule has 3 aromatic rings. The molecule has 0 saturated heterocycles. The van der Waals surface area contributed by atoms with Gasteiger partial charge in [0.1, 0.15) is 5.82 Å². The van der Waals surface area contributed by atoms with Gasteiger partial charge in [0.15, 0.2) is 0 Å². The molecule has 0 radical (unpaired) electrons. The number of nitrogens with zero attached hydrogens (tertiary/aromatic N) is 1. The second kappa shape index (κ2) is 9.32. The molecule has 0 bridgehead atoms. The summed E-state index contributed by atoms with van der Waals surface area (Å²) in [7, 11) is 1.35. The van der Waals surface area contributed by atoms with Crippen LogP contribution in [0.4, 0.5) is 17.2 Å². The average molecular weight is 375 g/mol. The number of aromatic nitrogens is 1. The van der Waals surface area contributed by atoms with Gasteiger partial charge in [-0.05, 0) is 48.4 Å². The molecule has 0 aliphatic carbocycles. The highest BCUT2D eigenvalue weighted by molar-refractivity contribution is 5.90. The Balaban J connectivity index is 1.51. The number of ether oxygens (including phenoxy) is 1. The number of carbonyl (C=O) groups is 2. The molecule has 1 heterocycles. The van der Waals surface area contributed by atoms with E-state index in [0.717, 1.165) is 16.9 Å². The van der Waals surface area contributed by atoms with Crippen LogP contribution in [0.2, 0.25) is 0 Å². The van der Waals surface area contributed by atoms with Crippen molar-refractivity contribution in [3.05, 3.63) is 84.1 Å². The van der Waals surface area contributed by atoms with E-state index in [4.69, 9.17) is 0 Å². The fourth-order valence-electron chi connectivity index (χ4n) is 2.62. The van der Waals surface area contributed by atoms with Crippen LogP contribution in [-0.4, -0.2) is 24.0 Å². The third-order valence-electron chi connectivity index (χ3n) is 4.11. The number of nitrogens with one attached hydrogen (secondary N) is 2. The van der Waals surface area contributed by atoms with Gasteiger partial charge < -0.3 is 15.4 Å². The predicted octanol–water partition coefficient (Wildman–Crippen LogP) is 4.18. The lowest BCUT2D eigenvalue weighted by Gasteiger charge is -2.09. The molecule has 3 rings (SSSR count). The first-order valence-corrected chi connectivity index (χ1v) is 8.89. The van der Waals surface area contributed by atoms with Gasteiger partial charge in [-0.2, -0.15) is 0 Å². The van der Waals surface area contributed by atoms with Crippen LogP contribution < -0.4 is 10.6 Å². The lowest BCUT2D eigenvalue weighted by atomic mass is 10.1. The Morgan fingerprint density at radius 1 is 0.929 bits per heavy atom. The number of anilines is 3. The SMILES string of the molecule is COC(=O)c1ccc(Nc2ccc(NC(=O)CCc3ccccc3)nc2)cc1. The minimum Gasteiger partial charge on any atom is -0.465 e. The van der Waals surface area contributed by atoms with Crippen LogP contribution in [0.25, 0.3) is 0 Å². The molecule has 2 aromatic carbocycles. The summed E-state index contributed by atoms with van der Waals surface area (Å²) in [4.78, 5) is 27.8. The molecule has 0 aliphatic rings. The van der Waals surface area contributed by atoms with Crippen LogP contribution in [0.15, 0.2) is 72.9 Å². The normalized spacial score (nSPS) is 10.2. The number of rotatable bonds is 7. The molecule has 0 aliphatic heterocycles. The van der Waals surface area contributed by atoms with Crippen molar-refractivity contribution in [1.82, 2.24) is 4.98 Å². The summed E-state index contributed by atoms with van der Waals surface area (Å²) in [6.45, 7) is 0. The van der Waals surface area contributed by atoms with Gasteiger partial charge in [-0.25, -0.2) is 9.78 Å². The Labute approximate surface area is 163 Å². The van der Waals surface area contributed by atoms with Crippen LogP contribution in [-0.2, 0) is 16.0 Å². The maximum absolute atomic E-state index is 12.1. The van der Waals surface area contributed by atoms with E-state index < -0.39 is 0 Å². The molecule has 0 unspecified atom stereocenters. The molecular weight excluding hydrogens is 354 g/mol. The summed E-state index contributed by atoms with van der Waals surface area (Å²) >= 11 is 0. The number of esters is 1. The first kappa shape index (κ1) is 19.1. The third kappa shape index (κ3) is 5.41. The zero-order chi connectivity index (χ0) is 19.8. The van der Waals surface area contributed by atoms with Crippen molar-refractivity contribution in [1.29, 1.82) is 0 Å². The van der Waals surface area contributed by atoms with Crippen LogP contribution in [0.1, 0.15) is 22.3 Å². The van der Waals surface area contributed by atoms with Crippen molar-refractivity contribution in [2.75, 3.05) is 17.7 Å². The summed E-state index contributed by atoms with van der Waals surface area (Å²) in [6.07, 6.45) is 2.73. The van der Waals surface area contributed by atoms with E-state index in [2.05, 4.69) is 20.4 Å². The summed E-state index contributed by atoms with van der Waals surface area (Å²) in [5.74, 6) is 0.0562. The van der Waals surface area contributed by atoms with E-state index in [1.165, 1.54) is 7.11 Å². The Hall–Kier alpha value is -3.67. The molecular formula is C22H21N3O3. The minimum absolute atomic E-state index is 0.0736. The van der Waals surface area contributed by atoms with Crippen molar-refractivity contribution in [2.24, 2.45) is 0 Å². The number of amides is 1. The maximum atomic E-state index is 12.1. The topological polar surface area (TPSA) is 80.3 Å². The molecule has 0 fully saturated rings. The average Bonchev–Trinajstić information content (AvgIpc) is 2.74. The molecule has 0 atom stereocenters. The molecule has 0 spiro atoms. The van der Waals surface area contributed by atoms with Gasteiger partial charge in [0, 0.05) is 12.1 Å². The Bertz CT molecular complexity index is 924. The van der Waals surface area contributed by atoms with Crippen LogP contribution >= 0.6 is 0 Å². The van der Waals surface area contributed by atoms with E-state index in [9.17, 15) is 9.59 Å². The molecule has 1 amide bonds. The number of benzene rings is 2. The molecule has 6 nitrogen and oxygen atoms in total. The van der Waals surface area contributed by atoms with Crippen molar-refractivity contribution in [3.63, 3.8) is 0 Å². The number of pyridine rings is 1. The van der Waals surface area contributed by atoms with E-state index >= 15 is 0 Å². The van der Waals surface area contributed by atoms with E-state index in [0.29, 0.717) is 24.2 Å². The standard InChI is InChI=1S/C22H21N3O3/c1-28-22(27)17-8-10-18(11-9-17)24-19-12-13-20(23-15-19)25-21(26)14-7-16-5-3-2-4-6-16/h2-6,8-13,15,24H,7,14H2,1H3,(H,23,25,26). The monoisotopic (exact) mass is 375 g/mol. The fourth-order valence-corrected chi connectivity index (χ4v) is 2.62. The van der Waals surface area contributed by atoms with E-state index in [1.54, 1.807) is 36.5 Å².